The van der Waals surface area contributed by atoms with Crippen molar-refractivity contribution in [2.75, 3.05) is 31.9 Å². The molecule has 2 N–H and O–H groups in total. The van der Waals surface area contributed by atoms with E-state index in [1.165, 1.54) is 51.6 Å². The van der Waals surface area contributed by atoms with Crippen molar-refractivity contribution in [2.45, 2.75) is 83.1 Å². The summed E-state index contributed by atoms with van der Waals surface area (Å²) in [6.45, 7) is 12.0. The van der Waals surface area contributed by atoms with Crippen LogP contribution in [0.15, 0.2) is 4.99 Å². The van der Waals surface area contributed by atoms with Crippen LogP contribution in [0.1, 0.15) is 66.2 Å². The molecule has 1 aliphatic heterocycles. The number of rotatable bonds is 6. The molecule has 1 saturated heterocycles. The van der Waals surface area contributed by atoms with Gasteiger partial charge in [0.1, 0.15) is 0 Å². The minimum atomic E-state index is -0.840. The van der Waals surface area contributed by atoms with Gasteiger partial charge in [-0.25, -0.2) is 0 Å². The molecule has 2 aliphatic rings. The van der Waals surface area contributed by atoms with E-state index in [0.717, 1.165) is 18.5 Å². The molecule has 6 heteroatoms. The number of piperidine rings is 1. The zero-order valence-corrected chi connectivity index (χ0v) is 17.5. The van der Waals surface area contributed by atoms with E-state index in [2.05, 4.69) is 27.4 Å². The molecule has 0 aromatic rings. The molecule has 0 aromatic carbocycles. The third-order valence-corrected chi connectivity index (χ3v) is 7.20. The van der Waals surface area contributed by atoms with Crippen LogP contribution >= 0.6 is 0 Å². The molecule has 25 heavy (non-hydrogen) atoms. The van der Waals surface area contributed by atoms with E-state index < -0.39 is 10.8 Å². The Bertz CT molecular complexity index is 447. The van der Waals surface area contributed by atoms with Crippen molar-refractivity contribution in [2.24, 2.45) is 4.99 Å². The maximum absolute atomic E-state index is 12.2. The quantitative estimate of drug-likeness (QED) is 0.557. The Hall–Kier alpha value is -0.620. The second-order valence-electron chi connectivity index (χ2n) is 8.32. The van der Waals surface area contributed by atoms with Gasteiger partial charge in [0.05, 0.1) is 6.54 Å². The summed E-state index contributed by atoms with van der Waals surface area (Å²) in [7, 11) is -0.840. The molecule has 1 saturated carbocycles. The van der Waals surface area contributed by atoms with Gasteiger partial charge >= 0.3 is 0 Å². The van der Waals surface area contributed by atoms with Crippen molar-refractivity contribution in [1.29, 1.82) is 0 Å². The van der Waals surface area contributed by atoms with Gasteiger partial charge in [-0.1, -0.05) is 12.8 Å². The monoisotopic (exact) mass is 370 g/mol. The average molecular weight is 371 g/mol. The number of hydrogen-bond donors (Lipinski definition) is 2. The minimum absolute atomic E-state index is 0.158. The highest BCUT2D eigenvalue weighted by molar-refractivity contribution is 7.86. The largest absolute Gasteiger partial charge is 0.357 e. The molecule has 2 fully saturated rings. The summed E-state index contributed by atoms with van der Waals surface area (Å²) >= 11 is 0. The third-order valence-electron chi connectivity index (χ3n) is 5.29. The van der Waals surface area contributed by atoms with Crippen LogP contribution in [0.3, 0.4) is 0 Å². The van der Waals surface area contributed by atoms with Crippen LogP contribution in [0.5, 0.6) is 0 Å². The highest BCUT2D eigenvalue weighted by atomic mass is 32.2. The highest BCUT2D eigenvalue weighted by Gasteiger charge is 2.27. The number of guanidine groups is 1. The fraction of sp³-hybridized carbons (Fsp3) is 0.947. The maximum Gasteiger partial charge on any atom is 0.191 e. The summed E-state index contributed by atoms with van der Waals surface area (Å²) < 4.78 is 12.0. The van der Waals surface area contributed by atoms with Crippen LogP contribution < -0.4 is 10.6 Å². The normalized spacial score (nSPS) is 23.0. The summed E-state index contributed by atoms with van der Waals surface area (Å²) in [5.41, 5.74) is 0. The SMILES string of the molecule is CCNC(=NCCS(=O)C(C)(C)C)NC1CCN(C2CCCC2)CC1. The Balaban J connectivity index is 1.77. The zero-order chi connectivity index (χ0) is 18.3. The summed E-state index contributed by atoms with van der Waals surface area (Å²) in [5, 5.41) is 6.93. The first-order chi connectivity index (χ1) is 11.9. The molecule has 1 aliphatic carbocycles. The first-order valence-corrected chi connectivity index (χ1v) is 11.4. The number of aliphatic imine (C=N–C) groups is 1. The second kappa shape index (κ2) is 9.91. The molecule has 1 unspecified atom stereocenters. The Labute approximate surface area is 156 Å². The van der Waals surface area contributed by atoms with Gasteiger partial charge < -0.3 is 15.5 Å². The molecule has 1 atom stereocenters. The lowest BCUT2D eigenvalue weighted by molar-refractivity contribution is 0.150. The van der Waals surface area contributed by atoms with Crippen molar-refractivity contribution >= 4 is 16.8 Å². The Morgan fingerprint density at radius 2 is 1.80 bits per heavy atom. The molecule has 146 valence electrons. The predicted molar refractivity (Wildman–Crippen MR) is 109 cm³/mol. The lowest BCUT2D eigenvalue weighted by Gasteiger charge is -2.36. The van der Waals surface area contributed by atoms with Crippen LogP contribution in [-0.2, 0) is 10.8 Å². The van der Waals surface area contributed by atoms with E-state index in [1.54, 1.807) is 0 Å². The van der Waals surface area contributed by atoms with Crippen LogP contribution in [-0.4, -0.2) is 63.8 Å². The van der Waals surface area contributed by atoms with Gasteiger partial charge in [-0.2, -0.15) is 0 Å². The summed E-state index contributed by atoms with van der Waals surface area (Å²) in [4.78, 5) is 7.34. The van der Waals surface area contributed by atoms with Crippen molar-refractivity contribution in [3.63, 3.8) is 0 Å². The fourth-order valence-corrected chi connectivity index (χ4v) is 4.61. The smallest absolute Gasteiger partial charge is 0.191 e. The van der Waals surface area contributed by atoms with E-state index in [1.807, 2.05) is 20.8 Å². The standard InChI is InChI=1S/C19H38N4OS/c1-5-20-18(21-12-15-25(24)19(2,3)4)22-16-10-13-23(14-11-16)17-8-6-7-9-17/h16-17H,5-15H2,1-4H3,(H2,20,21,22). The summed E-state index contributed by atoms with van der Waals surface area (Å²) in [6.07, 6.45) is 8.00. The molecule has 0 bridgehead atoms. The minimum Gasteiger partial charge on any atom is -0.357 e. The second-order valence-corrected chi connectivity index (χ2v) is 10.6. The molecule has 5 nitrogen and oxygen atoms in total. The topological polar surface area (TPSA) is 56.7 Å². The molecule has 0 spiro atoms. The van der Waals surface area contributed by atoms with Gasteiger partial charge in [0.15, 0.2) is 5.96 Å². The predicted octanol–water partition coefficient (Wildman–Crippen LogP) is 2.50. The number of nitrogens with one attached hydrogen (secondary N) is 2. The Kier molecular flexibility index (Phi) is 8.20. The molecule has 2 rings (SSSR count). The Morgan fingerprint density at radius 3 is 2.36 bits per heavy atom. The molecule has 0 amide bonds. The van der Waals surface area contributed by atoms with Crippen LogP contribution in [0.25, 0.3) is 0 Å². The molecular weight excluding hydrogens is 332 g/mol. The summed E-state index contributed by atoms with van der Waals surface area (Å²) in [6, 6.07) is 1.35. The van der Waals surface area contributed by atoms with Crippen molar-refractivity contribution in [1.82, 2.24) is 15.5 Å². The van der Waals surface area contributed by atoms with Crippen LogP contribution in [0.2, 0.25) is 0 Å². The number of nitrogens with zero attached hydrogens (tertiary/aromatic N) is 2. The van der Waals surface area contributed by atoms with Gasteiger partial charge in [-0.15, -0.1) is 0 Å². The zero-order valence-electron chi connectivity index (χ0n) is 16.6. The van der Waals surface area contributed by atoms with Gasteiger partial charge in [0, 0.05) is 53.0 Å². The van der Waals surface area contributed by atoms with Gasteiger partial charge in [0.25, 0.3) is 0 Å². The summed E-state index contributed by atoms with van der Waals surface area (Å²) in [5.74, 6) is 1.51. The van der Waals surface area contributed by atoms with Crippen LogP contribution in [0, 0.1) is 0 Å². The number of hydrogen-bond acceptors (Lipinski definition) is 3. The molecule has 0 aromatic heterocycles. The Morgan fingerprint density at radius 1 is 1.16 bits per heavy atom. The average Bonchev–Trinajstić information content (AvgIpc) is 3.09. The van der Waals surface area contributed by atoms with Gasteiger partial charge in [-0.05, 0) is 53.4 Å². The van der Waals surface area contributed by atoms with E-state index in [-0.39, 0.29) is 4.75 Å². The highest BCUT2D eigenvalue weighted by Crippen LogP contribution is 2.26. The number of likely N-dealkylation sites (tertiary alicyclic amines) is 1. The molecule has 0 radical (unpaired) electrons. The van der Waals surface area contributed by atoms with Gasteiger partial charge in [-0.3, -0.25) is 9.20 Å². The lowest BCUT2D eigenvalue weighted by Crippen LogP contribution is -2.50. The van der Waals surface area contributed by atoms with E-state index in [0.29, 0.717) is 18.3 Å². The molecule has 1 heterocycles. The first-order valence-electron chi connectivity index (χ1n) is 10.1. The fourth-order valence-electron chi connectivity index (χ4n) is 3.74. The van der Waals surface area contributed by atoms with E-state index >= 15 is 0 Å². The lowest BCUT2D eigenvalue weighted by atomic mass is 10.0. The molecular formula is C19H38N4OS. The van der Waals surface area contributed by atoms with Crippen molar-refractivity contribution in [3.05, 3.63) is 0 Å². The third kappa shape index (κ3) is 6.89. The van der Waals surface area contributed by atoms with E-state index in [9.17, 15) is 4.21 Å². The van der Waals surface area contributed by atoms with Crippen molar-refractivity contribution < 1.29 is 4.21 Å². The maximum atomic E-state index is 12.2. The van der Waals surface area contributed by atoms with E-state index in [4.69, 9.17) is 0 Å². The van der Waals surface area contributed by atoms with Crippen molar-refractivity contribution in [3.8, 4) is 0 Å². The first kappa shape index (κ1) is 20.7. The van der Waals surface area contributed by atoms with Crippen LogP contribution in [0.4, 0.5) is 0 Å². The van der Waals surface area contributed by atoms with Gasteiger partial charge in [0.2, 0.25) is 0 Å².